The number of furan rings is 1. The molecule has 2 amide bonds. The van der Waals surface area contributed by atoms with Crippen LogP contribution < -0.4 is 14.9 Å². The Balaban J connectivity index is 1.78. The minimum atomic E-state index is -3.71. The summed E-state index contributed by atoms with van der Waals surface area (Å²) in [5.41, 5.74) is 2.50. The molecule has 0 unspecified atom stereocenters. The Hall–Kier alpha value is -4.18. The van der Waals surface area contributed by atoms with E-state index in [1.54, 1.807) is 36.4 Å². The van der Waals surface area contributed by atoms with Crippen LogP contribution >= 0.6 is 0 Å². The van der Waals surface area contributed by atoms with Crippen LogP contribution in [0.25, 0.3) is 33.4 Å². The lowest BCUT2D eigenvalue weighted by molar-refractivity contribution is 0.0918. The van der Waals surface area contributed by atoms with Crippen LogP contribution in [0, 0.1) is 11.7 Å². The largest absolute Gasteiger partial charge is 0.455 e. The molecule has 10 heteroatoms. The molecule has 0 atom stereocenters. The van der Waals surface area contributed by atoms with Crippen molar-refractivity contribution in [2.24, 2.45) is 5.92 Å². The normalized spacial score (nSPS) is 13.7. The van der Waals surface area contributed by atoms with Gasteiger partial charge in [0.2, 0.25) is 10.0 Å². The number of anilines is 1. The minimum Gasteiger partial charge on any atom is -0.455 e. The Morgan fingerprint density at radius 2 is 1.69 bits per heavy atom. The maximum atomic E-state index is 13.7. The summed E-state index contributed by atoms with van der Waals surface area (Å²) in [6, 6.07) is 15.9. The Morgan fingerprint density at radius 3 is 2.29 bits per heavy atom. The maximum Gasteiger partial charge on any atom is 0.255 e. The Labute approximate surface area is 245 Å². The van der Waals surface area contributed by atoms with E-state index in [9.17, 15) is 22.4 Å². The summed E-state index contributed by atoms with van der Waals surface area (Å²) >= 11 is 0. The number of sulfonamides is 1. The van der Waals surface area contributed by atoms with Gasteiger partial charge in [-0.3, -0.25) is 13.9 Å². The zero-order valence-corrected chi connectivity index (χ0v) is 25.1. The predicted molar refractivity (Wildman–Crippen MR) is 163 cm³/mol. The van der Waals surface area contributed by atoms with Crippen molar-refractivity contribution >= 4 is 38.5 Å². The van der Waals surface area contributed by atoms with Crippen LogP contribution in [0.5, 0.6) is 0 Å². The number of halogens is 1. The second-order valence-electron chi connectivity index (χ2n) is 11.8. The van der Waals surface area contributed by atoms with E-state index in [0.717, 1.165) is 12.8 Å². The van der Waals surface area contributed by atoms with Crippen LogP contribution in [0.4, 0.5) is 10.1 Å². The number of rotatable bonds is 8. The molecule has 1 aliphatic carbocycles. The highest BCUT2D eigenvalue weighted by molar-refractivity contribution is 7.92. The fourth-order valence-corrected chi connectivity index (χ4v) is 5.90. The lowest BCUT2D eigenvalue weighted by atomic mass is 9.96. The average molecular weight is 592 g/mol. The van der Waals surface area contributed by atoms with Gasteiger partial charge in [0, 0.05) is 47.3 Å². The van der Waals surface area contributed by atoms with Crippen molar-refractivity contribution in [3.63, 3.8) is 0 Å². The van der Waals surface area contributed by atoms with E-state index < -0.39 is 27.3 Å². The van der Waals surface area contributed by atoms with Crippen molar-refractivity contribution in [2.75, 3.05) is 24.2 Å². The lowest BCUT2D eigenvalue weighted by Gasteiger charge is -2.25. The summed E-state index contributed by atoms with van der Waals surface area (Å²) in [5, 5.41) is 6.06. The molecule has 5 rings (SSSR count). The molecule has 0 bridgehead atoms. The van der Waals surface area contributed by atoms with Crippen LogP contribution in [-0.4, -0.2) is 45.6 Å². The summed E-state index contributed by atoms with van der Waals surface area (Å²) < 4.78 is 47.6. The van der Waals surface area contributed by atoms with Gasteiger partial charge in [0.25, 0.3) is 11.8 Å². The smallest absolute Gasteiger partial charge is 0.255 e. The topological polar surface area (TPSA) is 109 Å². The molecule has 1 saturated carbocycles. The van der Waals surface area contributed by atoms with Crippen molar-refractivity contribution in [3.8, 4) is 22.5 Å². The van der Waals surface area contributed by atoms with Gasteiger partial charge in [0.15, 0.2) is 0 Å². The highest BCUT2D eigenvalue weighted by Gasteiger charge is 2.32. The van der Waals surface area contributed by atoms with Crippen molar-refractivity contribution in [2.45, 2.75) is 39.2 Å². The van der Waals surface area contributed by atoms with Gasteiger partial charge in [-0.05, 0) is 87.6 Å². The third kappa shape index (κ3) is 6.18. The highest BCUT2D eigenvalue weighted by atomic mass is 32.2. The standard InChI is InChI=1S/C32H34FN3O5S/c1-32(2,3)35-30(37)22-8-6-7-21(15-22)24-16-25-27(17-26(24)36(42(5,39)40)18-19-9-10-19)41-29(28(25)31(38)34-4)20-11-13-23(33)14-12-20/h6-8,11-17,19H,9-10,18H2,1-5H3,(H,34,38)(H,35,37). The van der Waals surface area contributed by atoms with E-state index in [2.05, 4.69) is 10.6 Å². The number of hydrogen-bond donors (Lipinski definition) is 2. The second kappa shape index (κ2) is 10.9. The monoisotopic (exact) mass is 591 g/mol. The lowest BCUT2D eigenvalue weighted by Crippen LogP contribution is -2.40. The average Bonchev–Trinajstić information content (AvgIpc) is 3.67. The third-order valence-electron chi connectivity index (χ3n) is 7.08. The van der Waals surface area contributed by atoms with Gasteiger partial charge < -0.3 is 15.1 Å². The molecule has 0 saturated heterocycles. The SMILES string of the molecule is CNC(=O)c1c(-c2ccc(F)cc2)oc2cc(N(CC3CC3)S(C)(=O)=O)c(-c3cccc(C(=O)NC(C)(C)C)c3)cc12. The van der Waals surface area contributed by atoms with E-state index in [1.165, 1.54) is 41.9 Å². The zero-order chi connectivity index (χ0) is 30.4. The molecular weight excluding hydrogens is 557 g/mol. The van der Waals surface area contributed by atoms with Crippen LogP contribution in [0.2, 0.25) is 0 Å². The minimum absolute atomic E-state index is 0.235. The molecule has 1 aromatic heterocycles. The summed E-state index contributed by atoms with van der Waals surface area (Å²) in [5.74, 6) is -0.639. The zero-order valence-electron chi connectivity index (χ0n) is 24.2. The summed E-state index contributed by atoms with van der Waals surface area (Å²) in [4.78, 5) is 26.2. The molecule has 1 heterocycles. The molecule has 1 aliphatic rings. The first-order chi connectivity index (χ1) is 19.7. The number of nitrogens with one attached hydrogen (secondary N) is 2. The van der Waals surface area contributed by atoms with Crippen LogP contribution in [0.15, 0.2) is 65.1 Å². The van der Waals surface area contributed by atoms with Crippen LogP contribution in [0.3, 0.4) is 0 Å². The van der Waals surface area contributed by atoms with Crippen LogP contribution in [0.1, 0.15) is 54.3 Å². The van der Waals surface area contributed by atoms with E-state index in [1.807, 2.05) is 20.8 Å². The number of nitrogens with zero attached hydrogens (tertiary/aromatic N) is 1. The quantitative estimate of drug-likeness (QED) is 0.263. The van der Waals surface area contributed by atoms with Gasteiger partial charge in [-0.2, -0.15) is 0 Å². The van der Waals surface area contributed by atoms with E-state index in [0.29, 0.717) is 45.5 Å². The Bertz CT molecular complexity index is 1790. The number of fused-ring (bicyclic) bond motifs is 1. The van der Waals surface area contributed by atoms with E-state index >= 15 is 0 Å². The second-order valence-corrected chi connectivity index (χ2v) is 13.7. The van der Waals surface area contributed by atoms with Gasteiger partial charge >= 0.3 is 0 Å². The van der Waals surface area contributed by atoms with Crippen molar-refractivity contribution in [3.05, 3.63) is 77.6 Å². The molecule has 42 heavy (non-hydrogen) atoms. The molecule has 220 valence electrons. The molecule has 8 nitrogen and oxygen atoms in total. The summed E-state index contributed by atoms with van der Waals surface area (Å²) in [7, 11) is -2.21. The van der Waals surface area contributed by atoms with E-state index in [4.69, 9.17) is 4.42 Å². The summed E-state index contributed by atoms with van der Waals surface area (Å²) in [6.07, 6.45) is 3.03. The van der Waals surface area contributed by atoms with Crippen molar-refractivity contribution in [1.29, 1.82) is 0 Å². The molecule has 3 aromatic carbocycles. The number of carbonyl (C=O) groups excluding carboxylic acids is 2. The van der Waals surface area contributed by atoms with Gasteiger partial charge in [-0.25, -0.2) is 12.8 Å². The van der Waals surface area contributed by atoms with Crippen LogP contribution in [-0.2, 0) is 10.0 Å². The van der Waals surface area contributed by atoms with E-state index in [-0.39, 0.29) is 23.1 Å². The molecule has 1 fully saturated rings. The fraction of sp³-hybridized carbons (Fsp3) is 0.312. The predicted octanol–water partition coefficient (Wildman–Crippen LogP) is 5.97. The molecule has 0 radical (unpaired) electrons. The highest BCUT2D eigenvalue weighted by Crippen LogP contribution is 2.43. The van der Waals surface area contributed by atoms with Crippen molar-refractivity contribution in [1.82, 2.24) is 10.6 Å². The van der Waals surface area contributed by atoms with Gasteiger partial charge in [0.05, 0.1) is 17.5 Å². The Morgan fingerprint density at radius 1 is 1.00 bits per heavy atom. The number of amides is 2. The molecule has 2 N–H and O–H groups in total. The molecular formula is C32H34FN3O5S. The third-order valence-corrected chi connectivity index (χ3v) is 8.23. The fourth-order valence-electron chi connectivity index (χ4n) is 4.91. The first-order valence-corrected chi connectivity index (χ1v) is 15.6. The number of carbonyl (C=O) groups is 2. The first-order valence-electron chi connectivity index (χ1n) is 13.7. The summed E-state index contributed by atoms with van der Waals surface area (Å²) in [6.45, 7) is 5.97. The number of benzene rings is 3. The van der Waals surface area contributed by atoms with Gasteiger partial charge in [-0.1, -0.05) is 12.1 Å². The van der Waals surface area contributed by atoms with Gasteiger partial charge in [0.1, 0.15) is 17.2 Å². The number of hydrogen-bond acceptors (Lipinski definition) is 5. The molecule has 4 aromatic rings. The molecule has 0 spiro atoms. The van der Waals surface area contributed by atoms with Gasteiger partial charge in [-0.15, -0.1) is 0 Å². The Kier molecular flexibility index (Phi) is 7.61. The first kappa shape index (κ1) is 29.3. The van der Waals surface area contributed by atoms with Crippen molar-refractivity contribution < 1.29 is 26.8 Å². The maximum absolute atomic E-state index is 13.7. The molecule has 0 aliphatic heterocycles.